The van der Waals surface area contributed by atoms with Crippen LogP contribution in [0.5, 0.6) is 11.6 Å². The molecule has 0 spiro atoms. The van der Waals surface area contributed by atoms with Crippen LogP contribution in [0.4, 0.5) is 5.69 Å². The first-order valence-electron chi connectivity index (χ1n) is 5.21. The Labute approximate surface area is 113 Å². The Bertz CT molecular complexity index is 614. The number of aryl methyl sites for hydroxylation is 1. The number of hydrogen-bond acceptors (Lipinski definition) is 4. The molecular formula is C13H10BrN3O. The topological polar surface area (TPSA) is 71.9 Å². The average Bonchev–Trinajstić information content (AvgIpc) is 2.34. The van der Waals surface area contributed by atoms with Gasteiger partial charge in [0.15, 0.2) is 5.75 Å². The fourth-order valence-electron chi connectivity index (χ4n) is 1.43. The molecule has 90 valence electrons. The third-order valence-corrected chi connectivity index (χ3v) is 2.94. The van der Waals surface area contributed by atoms with Gasteiger partial charge in [0.2, 0.25) is 5.88 Å². The molecule has 1 heterocycles. The Balaban J connectivity index is 2.46. The number of nitrogens with zero attached hydrogens (tertiary/aromatic N) is 2. The Morgan fingerprint density at radius 1 is 1.33 bits per heavy atom. The fourth-order valence-corrected chi connectivity index (χ4v) is 1.89. The van der Waals surface area contributed by atoms with Crippen molar-refractivity contribution in [2.75, 3.05) is 5.73 Å². The molecule has 2 aromatic rings. The van der Waals surface area contributed by atoms with Crippen LogP contribution < -0.4 is 10.5 Å². The van der Waals surface area contributed by atoms with Gasteiger partial charge in [0.05, 0.1) is 10.2 Å². The highest BCUT2D eigenvalue weighted by atomic mass is 79.9. The number of nitrogens with two attached hydrogens (primary N) is 1. The largest absolute Gasteiger partial charge is 0.434 e. The third kappa shape index (κ3) is 2.44. The van der Waals surface area contributed by atoms with Crippen molar-refractivity contribution in [3.8, 4) is 17.7 Å². The molecule has 0 aliphatic heterocycles. The van der Waals surface area contributed by atoms with E-state index in [-0.39, 0.29) is 5.88 Å². The van der Waals surface area contributed by atoms with Gasteiger partial charge in [-0.3, -0.25) is 0 Å². The van der Waals surface area contributed by atoms with Crippen molar-refractivity contribution in [1.82, 2.24) is 4.98 Å². The quantitative estimate of drug-likeness (QED) is 0.863. The van der Waals surface area contributed by atoms with E-state index in [1.807, 2.05) is 19.1 Å². The predicted octanol–water partition coefficient (Wildman–Crippen LogP) is 3.40. The minimum atomic E-state index is 0.260. The van der Waals surface area contributed by atoms with Gasteiger partial charge in [0.25, 0.3) is 0 Å². The SMILES string of the molecule is Cc1ccc(C#N)c(Oc2c(N)cccc2Br)n1. The van der Waals surface area contributed by atoms with Gasteiger partial charge < -0.3 is 10.5 Å². The summed E-state index contributed by atoms with van der Waals surface area (Å²) in [5.41, 5.74) is 7.46. The van der Waals surface area contributed by atoms with Gasteiger partial charge in [-0.1, -0.05) is 6.07 Å². The highest BCUT2D eigenvalue weighted by Crippen LogP contribution is 2.35. The number of aromatic nitrogens is 1. The van der Waals surface area contributed by atoms with E-state index in [1.165, 1.54) is 0 Å². The molecule has 4 nitrogen and oxygen atoms in total. The zero-order chi connectivity index (χ0) is 13.1. The van der Waals surface area contributed by atoms with Crippen LogP contribution in [0.25, 0.3) is 0 Å². The van der Waals surface area contributed by atoms with Crippen molar-refractivity contribution >= 4 is 21.6 Å². The van der Waals surface area contributed by atoms with Gasteiger partial charge in [-0.2, -0.15) is 5.26 Å². The van der Waals surface area contributed by atoms with Gasteiger partial charge in [-0.15, -0.1) is 0 Å². The number of nitriles is 1. The number of para-hydroxylation sites is 1. The van der Waals surface area contributed by atoms with Crippen molar-refractivity contribution in [3.05, 3.63) is 46.1 Å². The summed E-state index contributed by atoms with van der Waals surface area (Å²) in [6.45, 7) is 1.83. The molecule has 2 rings (SSSR count). The van der Waals surface area contributed by atoms with Crippen LogP contribution in [0.3, 0.4) is 0 Å². The molecule has 0 aliphatic carbocycles. The molecule has 0 bridgehead atoms. The predicted molar refractivity (Wildman–Crippen MR) is 72.3 cm³/mol. The Hall–Kier alpha value is -2.06. The summed E-state index contributed by atoms with van der Waals surface area (Å²) in [7, 11) is 0. The van der Waals surface area contributed by atoms with Crippen LogP contribution >= 0.6 is 15.9 Å². The van der Waals surface area contributed by atoms with E-state index in [1.54, 1.807) is 24.3 Å². The van der Waals surface area contributed by atoms with Crippen LogP contribution in [0.15, 0.2) is 34.8 Å². The molecule has 0 saturated carbocycles. The third-order valence-electron chi connectivity index (χ3n) is 2.32. The molecule has 18 heavy (non-hydrogen) atoms. The summed E-state index contributed by atoms with van der Waals surface area (Å²) in [4.78, 5) is 4.20. The maximum Gasteiger partial charge on any atom is 0.237 e. The second kappa shape index (κ2) is 5.07. The summed E-state index contributed by atoms with van der Waals surface area (Å²) in [6.07, 6.45) is 0. The summed E-state index contributed by atoms with van der Waals surface area (Å²) < 4.78 is 6.35. The number of rotatable bonds is 2. The van der Waals surface area contributed by atoms with E-state index in [2.05, 4.69) is 20.9 Å². The van der Waals surface area contributed by atoms with E-state index in [9.17, 15) is 0 Å². The molecule has 0 saturated heterocycles. The van der Waals surface area contributed by atoms with Crippen LogP contribution in [0.1, 0.15) is 11.3 Å². The van der Waals surface area contributed by atoms with Crippen molar-refractivity contribution in [3.63, 3.8) is 0 Å². The molecule has 0 fully saturated rings. The van der Waals surface area contributed by atoms with Gasteiger partial charge >= 0.3 is 0 Å². The van der Waals surface area contributed by atoms with E-state index >= 15 is 0 Å². The van der Waals surface area contributed by atoms with Crippen LogP contribution in [-0.4, -0.2) is 4.98 Å². The van der Waals surface area contributed by atoms with Crippen molar-refractivity contribution < 1.29 is 4.74 Å². The molecule has 1 aromatic heterocycles. The second-order valence-corrected chi connectivity index (χ2v) is 4.53. The highest BCUT2D eigenvalue weighted by molar-refractivity contribution is 9.10. The summed E-state index contributed by atoms with van der Waals surface area (Å²) in [5.74, 6) is 0.725. The minimum Gasteiger partial charge on any atom is -0.434 e. The minimum absolute atomic E-state index is 0.260. The number of anilines is 1. The Morgan fingerprint density at radius 3 is 2.78 bits per heavy atom. The second-order valence-electron chi connectivity index (χ2n) is 3.68. The normalized spacial score (nSPS) is 9.83. The Kier molecular flexibility index (Phi) is 3.49. The molecule has 0 amide bonds. The highest BCUT2D eigenvalue weighted by Gasteiger charge is 2.11. The number of hydrogen-bond donors (Lipinski definition) is 1. The summed E-state index contributed by atoms with van der Waals surface area (Å²) in [6, 6.07) is 10.8. The Morgan fingerprint density at radius 2 is 2.11 bits per heavy atom. The van der Waals surface area contributed by atoms with Crippen LogP contribution in [0, 0.1) is 18.3 Å². The monoisotopic (exact) mass is 303 g/mol. The molecule has 0 radical (unpaired) electrons. The van der Waals surface area contributed by atoms with Gasteiger partial charge in [0.1, 0.15) is 11.6 Å². The fraction of sp³-hybridized carbons (Fsp3) is 0.0769. The summed E-state index contributed by atoms with van der Waals surface area (Å²) in [5, 5.41) is 9.01. The first kappa shape index (κ1) is 12.4. The lowest BCUT2D eigenvalue weighted by Crippen LogP contribution is -1.97. The van der Waals surface area contributed by atoms with E-state index in [0.717, 1.165) is 10.2 Å². The van der Waals surface area contributed by atoms with Crippen molar-refractivity contribution in [2.24, 2.45) is 0 Å². The van der Waals surface area contributed by atoms with Gasteiger partial charge in [-0.25, -0.2) is 4.98 Å². The first-order valence-corrected chi connectivity index (χ1v) is 6.00. The number of pyridine rings is 1. The molecule has 0 atom stereocenters. The lowest BCUT2D eigenvalue weighted by atomic mass is 10.2. The van der Waals surface area contributed by atoms with Crippen molar-refractivity contribution in [1.29, 1.82) is 5.26 Å². The summed E-state index contributed by atoms with van der Waals surface area (Å²) >= 11 is 3.35. The van der Waals surface area contributed by atoms with Crippen LogP contribution in [-0.2, 0) is 0 Å². The maximum atomic E-state index is 9.01. The van der Waals surface area contributed by atoms with E-state index in [0.29, 0.717) is 17.0 Å². The molecule has 1 aromatic carbocycles. The first-order chi connectivity index (χ1) is 8.61. The number of ether oxygens (including phenoxy) is 1. The van der Waals surface area contributed by atoms with Gasteiger partial charge in [0, 0.05) is 5.69 Å². The molecule has 2 N–H and O–H groups in total. The zero-order valence-electron chi connectivity index (χ0n) is 9.64. The number of halogens is 1. The smallest absolute Gasteiger partial charge is 0.237 e. The maximum absolute atomic E-state index is 9.01. The van der Waals surface area contributed by atoms with Crippen LogP contribution in [0.2, 0.25) is 0 Å². The standard InChI is InChI=1S/C13H10BrN3O/c1-8-5-6-9(7-15)13(17-8)18-12-10(14)3-2-4-11(12)16/h2-6H,16H2,1H3. The average molecular weight is 304 g/mol. The molecular weight excluding hydrogens is 294 g/mol. The lowest BCUT2D eigenvalue weighted by molar-refractivity contribution is 0.459. The zero-order valence-corrected chi connectivity index (χ0v) is 11.2. The van der Waals surface area contributed by atoms with Gasteiger partial charge in [-0.05, 0) is 47.1 Å². The molecule has 0 unspecified atom stereocenters. The van der Waals surface area contributed by atoms with E-state index < -0.39 is 0 Å². The molecule has 0 aliphatic rings. The molecule has 5 heteroatoms. The number of benzene rings is 1. The number of nitrogen functional groups attached to an aromatic ring is 1. The van der Waals surface area contributed by atoms with E-state index in [4.69, 9.17) is 15.7 Å². The lowest BCUT2D eigenvalue weighted by Gasteiger charge is -2.10. The van der Waals surface area contributed by atoms with Crippen molar-refractivity contribution in [2.45, 2.75) is 6.92 Å².